The molecule has 142 valence electrons. The number of benzene rings is 1. The largest absolute Gasteiger partial charge is 0.445 e. The quantitative estimate of drug-likeness (QED) is 0.721. The number of nitrogens with zero attached hydrogens (tertiary/aromatic N) is 1. The molecule has 1 atom stereocenters. The number of rotatable bonds is 7. The number of alkyl halides is 3. The number of halogens is 3. The first-order valence-corrected chi connectivity index (χ1v) is 7.87. The van der Waals surface area contributed by atoms with Crippen molar-refractivity contribution in [1.82, 2.24) is 10.6 Å². The fourth-order valence-corrected chi connectivity index (χ4v) is 2.12. The zero-order valence-electron chi connectivity index (χ0n) is 14.4. The second kappa shape index (κ2) is 9.65. The Balaban J connectivity index is 2.65. The predicted octanol–water partition coefficient (Wildman–Crippen LogP) is 2.99. The lowest BCUT2D eigenvalue weighted by atomic mass is 10.0. The fourth-order valence-electron chi connectivity index (χ4n) is 2.12. The number of ether oxygens (including phenoxy) is 1. The zero-order valence-corrected chi connectivity index (χ0v) is 14.4. The Bertz CT molecular complexity index is 669. The fraction of sp³-hybridized carbons (Fsp3) is 0.471. The molecule has 0 saturated carbocycles. The van der Waals surface area contributed by atoms with E-state index in [2.05, 4.69) is 10.6 Å². The molecule has 2 amide bonds. The molecule has 0 radical (unpaired) electrons. The lowest BCUT2D eigenvalue weighted by Crippen LogP contribution is -2.47. The van der Waals surface area contributed by atoms with Gasteiger partial charge in [0.05, 0.1) is 11.6 Å². The number of hydrogen-bond donors (Lipinski definition) is 2. The van der Waals surface area contributed by atoms with Crippen LogP contribution < -0.4 is 10.6 Å². The van der Waals surface area contributed by atoms with E-state index < -0.39 is 29.8 Å². The average Bonchev–Trinajstić information content (AvgIpc) is 2.56. The Labute approximate surface area is 149 Å². The molecule has 0 bridgehead atoms. The number of alkyl carbamates (subject to hydrolysis) is 1. The maximum atomic E-state index is 12.7. The summed E-state index contributed by atoms with van der Waals surface area (Å²) < 4.78 is 42.9. The second-order valence-corrected chi connectivity index (χ2v) is 5.98. The van der Waals surface area contributed by atoms with Gasteiger partial charge in [0, 0.05) is 0 Å². The minimum Gasteiger partial charge on any atom is -0.445 e. The van der Waals surface area contributed by atoms with E-state index in [9.17, 15) is 22.8 Å². The summed E-state index contributed by atoms with van der Waals surface area (Å²) >= 11 is 0. The van der Waals surface area contributed by atoms with E-state index in [0.29, 0.717) is 6.42 Å². The van der Waals surface area contributed by atoms with Crippen molar-refractivity contribution in [1.29, 1.82) is 5.26 Å². The number of carbonyl (C=O) groups is 2. The van der Waals surface area contributed by atoms with Gasteiger partial charge in [0.15, 0.2) is 0 Å². The van der Waals surface area contributed by atoms with Crippen LogP contribution in [-0.4, -0.2) is 24.6 Å². The topological polar surface area (TPSA) is 91.2 Å². The molecular formula is C17H20F3N3O3. The molecule has 0 aliphatic heterocycles. The summed E-state index contributed by atoms with van der Waals surface area (Å²) in [6.45, 7) is 3.12. The van der Waals surface area contributed by atoms with Crippen molar-refractivity contribution in [3.05, 3.63) is 35.4 Å². The first kappa shape index (κ1) is 21.3. The third-order valence-corrected chi connectivity index (χ3v) is 3.28. The van der Waals surface area contributed by atoms with Gasteiger partial charge in [0.1, 0.15) is 19.2 Å². The molecule has 0 saturated heterocycles. The number of hydrogen-bond acceptors (Lipinski definition) is 4. The molecule has 9 heteroatoms. The van der Waals surface area contributed by atoms with Gasteiger partial charge in [-0.25, -0.2) is 4.79 Å². The lowest BCUT2D eigenvalue weighted by Gasteiger charge is -2.19. The van der Waals surface area contributed by atoms with Crippen molar-refractivity contribution in [3.63, 3.8) is 0 Å². The summed E-state index contributed by atoms with van der Waals surface area (Å²) in [5.74, 6) is -0.451. The molecule has 0 fully saturated rings. The molecule has 0 aliphatic rings. The molecular weight excluding hydrogens is 351 g/mol. The molecule has 2 N–H and O–H groups in total. The van der Waals surface area contributed by atoms with Gasteiger partial charge >= 0.3 is 12.3 Å². The van der Waals surface area contributed by atoms with Crippen LogP contribution in [0.4, 0.5) is 18.0 Å². The standard InChI is InChI=1S/C17H20F3N3O3/c1-11(2)8-14(15(24)22-7-6-21)23-16(25)26-10-12-4-3-5-13(9-12)17(18,19)20/h3-5,9,11,14H,7-8,10H2,1-2H3,(H,22,24)(H,23,25)/t14-/m0/s1. The highest BCUT2D eigenvalue weighted by Gasteiger charge is 2.30. The third kappa shape index (κ3) is 7.42. The van der Waals surface area contributed by atoms with E-state index in [-0.39, 0.29) is 24.6 Å². The molecule has 26 heavy (non-hydrogen) atoms. The first-order valence-electron chi connectivity index (χ1n) is 7.87. The van der Waals surface area contributed by atoms with E-state index in [0.717, 1.165) is 12.1 Å². The van der Waals surface area contributed by atoms with E-state index >= 15 is 0 Å². The van der Waals surface area contributed by atoms with Crippen LogP contribution in [0, 0.1) is 17.2 Å². The third-order valence-electron chi connectivity index (χ3n) is 3.28. The SMILES string of the molecule is CC(C)C[C@H](NC(=O)OCc1cccc(C(F)(F)F)c1)C(=O)NCC#N. The summed E-state index contributed by atoms with van der Waals surface area (Å²) in [7, 11) is 0. The van der Waals surface area contributed by atoms with Gasteiger partial charge in [-0.15, -0.1) is 0 Å². The Morgan fingerprint density at radius 3 is 2.58 bits per heavy atom. The van der Waals surface area contributed by atoms with Crippen LogP contribution in [0.2, 0.25) is 0 Å². The van der Waals surface area contributed by atoms with E-state index in [4.69, 9.17) is 10.00 Å². The molecule has 1 aromatic carbocycles. The molecule has 1 aromatic rings. The molecule has 0 spiro atoms. The Kier molecular flexibility index (Phi) is 7.90. The summed E-state index contributed by atoms with van der Waals surface area (Å²) in [5.41, 5.74) is -0.670. The highest BCUT2D eigenvalue weighted by Crippen LogP contribution is 2.29. The van der Waals surface area contributed by atoms with Crippen LogP contribution in [0.1, 0.15) is 31.4 Å². The first-order chi connectivity index (χ1) is 12.1. The highest BCUT2D eigenvalue weighted by molar-refractivity contribution is 5.85. The number of amides is 2. The number of nitriles is 1. The van der Waals surface area contributed by atoms with Gasteiger partial charge in [-0.1, -0.05) is 26.0 Å². The van der Waals surface area contributed by atoms with Crippen molar-refractivity contribution in [2.45, 2.75) is 39.1 Å². The van der Waals surface area contributed by atoms with Crippen LogP contribution in [-0.2, 0) is 22.3 Å². The predicted molar refractivity (Wildman–Crippen MR) is 86.6 cm³/mol. The average molecular weight is 371 g/mol. The second-order valence-electron chi connectivity index (χ2n) is 5.98. The normalized spacial score (nSPS) is 12.2. The lowest BCUT2D eigenvalue weighted by molar-refractivity contribution is -0.137. The summed E-state index contributed by atoms with van der Waals surface area (Å²) in [4.78, 5) is 23.8. The molecule has 0 heterocycles. The van der Waals surface area contributed by atoms with E-state index in [1.165, 1.54) is 12.1 Å². The van der Waals surface area contributed by atoms with Crippen LogP contribution in [0.25, 0.3) is 0 Å². The molecule has 0 unspecified atom stereocenters. The smallest absolute Gasteiger partial charge is 0.416 e. The molecule has 0 aliphatic carbocycles. The maximum absolute atomic E-state index is 12.7. The van der Waals surface area contributed by atoms with Crippen molar-refractivity contribution < 1.29 is 27.5 Å². The zero-order chi connectivity index (χ0) is 19.7. The molecule has 0 aromatic heterocycles. The van der Waals surface area contributed by atoms with Gasteiger partial charge < -0.3 is 15.4 Å². The van der Waals surface area contributed by atoms with Gasteiger partial charge in [0.25, 0.3) is 0 Å². The van der Waals surface area contributed by atoms with Gasteiger partial charge in [-0.2, -0.15) is 18.4 Å². The summed E-state index contributed by atoms with van der Waals surface area (Å²) in [6.07, 6.45) is -5.10. The highest BCUT2D eigenvalue weighted by atomic mass is 19.4. The minimum atomic E-state index is -4.49. The van der Waals surface area contributed by atoms with E-state index in [1.54, 1.807) is 6.07 Å². The molecule has 1 rings (SSSR count). The van der Waals surface area contributed by atoms with E-state index in [1.807, 2.05) is 13.8 Å². The Morgan fingerprint density at radius 2 is 2.00 bits per heavy atom. The van der Waals surface area contributed by atoms with Crippen LogP contribution in [0.3, 0.4) is 0 Å². The Hall–Kier alpha value is -2.76. The van der Waals surface area contributed by atoms with Crippen LogP contribution >= 0.6 is 0 Å². The number of nitrogens with one attached hydrogen (secondary N) is 2. The van der Waals surface area contributed by atoms with Crippen molar-refractivity contribution in [2.75, 3.05) is 6.54 Å². The summed E-state index contributed by atoms with van der Waals surface area (Å²) in [5, 5.41) is 13.2. The minimum absolute atomic E-state index is 0.0802. The van der Waals surface area contributed by atoms with Crippen molar-refractivity contribution >= 4 is 12.0 Å². The van der Waals surface area contributed by atoms with Crippen LogP contribution in [0.15, 0.2) is 24.3 Å². The van der Waals surface area contributed by atoms with Gasteiger partial charge in [-0.3, -0.25) is 4.79 Å². The maximum Gasteiger partial charge on any atom is 0.416 e. The van der Waals surface area contributed by atoms with Crippen molar-refractivity contribution in [3.8, 4) is 6.07 Å². The summed E-state index contributed by atoms with van der Waals surface area (Å²) in [6, 6.07) is 5.27. The van der Waals surface area contributed by atoms with Gasteiger partial charge in [0.2, 0.25) is 5.91 Å². The Morgan fingerprint density at radius 1 is 1.31 bits per heavy atom. The van der Waals surface area contributed by atoms with Gasteiger partial charge in [-0.05, 0) is 30.0 Å². The monoisotopic (exact) mass is 371 g/mol. The van der Waals surface area contributed by atoms with Crippen molar-refractivity contribution in [2.24, 2.45) is 5.92 Å². The number of carbonyl (C=O) groups excluding carboxylic acids is 2. The molecule has 6 nitrogen and oxygen atoms in total. The van der Waals surface area contributed by atoms with Crippen LogP contribution in [0.5, 0.6) is 0 Å².